The number of benzene rings is 2. The summed E-state index contributed by atoms with van der Waals surface area (Å²) >= 11 is 11.7. The summed E-state index contributed by atoms with van der Waals surface area (Å²) in [6.45, 7) is 0. The van der Waals surface area contributed by atoms with Gasteiger partial charge in [-0.15, -0.1) is 0 Å². The summed E-state index contributed by atoms with van der Waals surface area (Å²) in [7, 11) is 0. The van der Waals surface area contributed by atoms with Gasteiger partial charge < -0.3 is 5.32 Å². The van der Waals surface area contributed by atoms with Gasteiger partial charge in [-0.05, 0) is 30.3 Å². The summed E-state index contributed by atoms with van der Waals surface area (Å²) < 4.78 is 0. The molecule has 3 aromatic rings. The third-order valence-corrected chi connectivity index (χ3v) is 4.40. The van der Waals surface area contributed by atoms with E-state index in [-0.39, 0.29) is 32.3 Å². The number of nitro groups is 2. The van der Waals surface area contributed by atoms with Crippen LogP contribution in [0.4, 0.5) is 27.5 Å². The van der Waals surface area contributed by atoms with Crippen molar-refractivity contribution in [1.29, 1.82) is 0 Å². The Morgan fingerprint density at radius 3 is 2.32 bits per heavy atom. The number of rotatable bonds is 4. The van der Waals surface area contributed by atoms with Crippen LogP contribution in [0.1, 0.15) is 0 Å². The number of nitrogens with zero attached hydrogens (tertiary/aromatic N) is 3. The highest BCUT2D eigenvalue weighted by molar-refractivity contribution is 6.42. The maximum Gasteiger partial charge on any atom is 0.323 e. The third-order valence-electron chi connectivity index (χ3n) is 3.66. The fourth-order valence-electron chi connectivity index (χ4n) is 2.48. The summed E-state index contributed by atoms with van der Waals surface area (Å²) in [6, 6.07) is 7.11. The maximum atomic E-state index is 12.3. The molecule has 0 radical (unpaired) electrons. The van der Waals surface area contributed by atoms with Crippen molar-refractivity contribution in [2.45, 2.75) is 0 Å². The number of non-ortho nitro benzene ring substituents is 1. The molecule has 2 aromatic carbocycles. The fraction of sp³-hybridized carbons (Fsp3) is 0. The van der Waals surface area contributed by atoms with Gasteiger partial charge in [-0.3, -0.25) is 30.5 Å². The number of hydrogen-bond donors (Lipinski definition) is 2. The second-order valence-electron chi connectivity index (χ2n) is 5.41. The molecule has 10 nitrogen and oxygen atoms in total. The Hall–Kier alpha value is -3.50. The average molecular weight is 422 g/mol. The molecular formula is C16H9Cl2N5O5. The van der Waals surface area contributed by atoms with Crippen LogP contribution >= 0.6 is 23.2 Å². The Balaban J connectivity index is 2.04. The zero-order valence-electron chi connectivity index (χ0n) is 13.7. The first kappa shape index (κ1) is 19.3. The molecule has 0 spiro atoms. The Morgan fingerprint density at radius 1 is 0.964 bits per heavy atom. The fourth-order valence-corrected chi connectivity index (χ4v) is 2.78. The van der Waals surface area contributed by atoms with Gasteiger partial charge in [0.15, 0.2) is 0 Å². The van der Waals surface area contributed by atoms with Crippen molar-refractivity contribution >= 4 is 62.9 Å². The van der Waals surface area contributed by atoms with Crippen LogP contribution in [0, 0.1) is 20.2 Å². The average Bonchev–Trinajstić information content (AvgIpc) is 2.64. The smallest absolute Gasteiger partial charge is 0.308 e. The molecule has 0 saturated carbocycles. The summed E-state index contributed by atoms with van der Waals surface area (Å²) in [5, 5.41) is 28.0. The molecule has 0 bridgehead atoms. The molecule has 0 atom stereocenters. The molecule has 3 rings (SSSR count). The normalized spacial score (nSPS) is 10.5. The van der Waals surface area contributed by atoms with Gasteiger partial charge in [0.25, 0.3) is 5.69 Å². The molecule has 0 saturated heterocycles. The van der Waals surface area contributed by atoms with Crippen LogP contribution in [0.2, 0.25) is 10.0 Å². The molecule has 2 amide bonds. The van der Waals surface area contributed by atoms with Crippen LogP contribution < -0.4 is 10.6 Å². The van der Waals surface area contributed by atoms with Crippen molar-refractivity contribution in [2.75, 3.05) is 10.6 Å². The first-order valence-electron chi connectivity index (χ1n) is 7.51. The van der Waals surface area contributed by atoms with Gasteiger partial charge in [0.1, 0.15) is 11.2 Å². The SMILES string of the molecule is O=C(Nc1ccc(Cl)c(Cl)c1)Nc1c([N+](=O)[O-])cc([N+](=O)[O-])c2cccnc12. The zero-order chi connectivity index (χ0) is 20.4. The van der Waals surface area contributed by atoms with Gasteiger partial charge in [-0.2, -0.15) is 0 Å². The molecule has 1 aromatic heterocycles. The Morgan fingerprint density at radius 2 is 1.68 bits per heavy atom. The summed E-state index contributed by atoms with van der Waals surface area (Å²) in [6.07, 6.45) is 1.30. The number of halogens is 2. The van der Waals surface area contributed by atoms with E-state index in [1.54, 1.807) is 0 Å². The number of pyridine rings is 1. The molecular weight excluding hydrogens is 413 g/mol. The van der Waals surface area contributed by atoms with Crippen LogP contribution in [-0.2, 0) is 0 Å². The molecule has 0 aliphatic rings. The largest absolute Gasteiger partial charge is 0.323 e. The van der Waals surface area contributed by atoms with Crippen molar-refractivity contribution in [3.63, 3.8) is 0 Å². The number of nitrogens with one attached hydrogen (secondary N) is 2. The van der Waals surface area contributed by atoms with Gasteiger partial charge in [0.05, 0.1) is 31.3 Å². The van der Waals surface area contributed by atoms with Gasteiger partial charge in [0, 0.05) is 11.9 Å². The third kappa shape index (κ3) is 3.77. The van der Waals surface area contributed by atoms with E-state index in [1.165, 1.54) is 36.5 Å². The van der Waals surface area contributed by atoms with E-state index in [9.17, 15) is 25.0 Å². The lowest BCUT2D eigenvalue weighted by atomic mass is 10.1. The minimum Gasteiger partial charge on any atom is -0.308 e. The first-order valence-corrected chi connectivity index (χ1v) is 8.27. The summed E-state index contributed by atoms with van der Waals surface area (Å²) in [5.74, 6) is 0. The topological polar surface area (TPSA) is 140 Å². The first-order chi connectivity index (χ1) is 13.3. The van der Waals surface area contributed by atoms with Crippen molar-refractivity contribution in [1.82, 2.24) is 4.98 Å². The standard InChI is InChI=1S/C16H9Cl2N5O5/c17-10-4-3-8(6-11(10)18)20-16(24)21-15-13(23(27)28)7-12(22(25)26)9-2-1-5-19-14(9)15/h1-7H,(H2,20,21,24). The van der Waals surface area contributed by atoms with E-state index in [2.05, 4.69) is 15.6 Å². The minimum atomic E-state index is -0.837. The van der Waals surface area contributed by atoms with E-state index in [0.717, 1.165) is 6.07 Å². The van der Waals surface area contributed by atoms with E-state index < -0.39 is 27.3 Å². The minimum absolute atomic E-state index is 0.0444. The summed E-state index contributed by atoms with van der Waals surface area (Å²) in [5.41, 5.74) is -1.24. The molecule has 28 heavy (non-hydrogen) atoms. The highest BCUT2D eigenvalue weighted by Gasteiger charge is 2.27. The van der Waals surface area contributed by atoms with Crippen LogP contribution in [0.5, 0.6) is 0 Å². The summed E-state index contributed by atoms with van der Waals surface area (Å²) in [4.78, 5) is 37.4. The van der Waals surface area contributed by atoms with Gasteiger partial charge in [-0.1, -0.05) is 23.2 Å². The lowest BCUT2D eigenvalue weighted by Gasteiger charge is -2.11. The number of fused-ring (bicyclic) bond motifs is 1. The number of carbonyl (C=O) groups is 1. The molecule has 0 aliphatic carbocycles. The van der Waals surface area contributed by atoms with Crippen molar-refractivity contribution in [2.24, 2.45) is 0 Å². The van der Waals surface area contributed by atoms with Crippen LogP contribution in [0.15, 0.2) is 42.6 Å². The zero-order valence-corrected chi connectivity index (χ0v) is 15.2. The van der Waals surface area contributed by atoms with Crippen LogP contribution in [0.3, 0.4) is 0 Å². The molecule has 0 fully saturated rings. The number of amides is 2. The van der Waals surface area contributed by atoms with Gasteiger partial charge in [-0.25, -0.2) is 4.79 Å². The molecule has 12 heteroatoms. The van der Waals surface area contributed by atoms with Crippen LogP contribution in [0.25, 0.3) is 10.9 Å². The van der Waals surface area contributed by atoms with E-state index in [4.69, 9.17) is 23.2 Å². The number of aromatic nitrogens is 1. The quantitative estimate of drug-likeness (QED) is 0.448. The lowest BCUT2D eigenvalue weighted by molar-refractivity contribution is -0.392. The molecule has 0 unspecified atom stereocenters. The number of nitro benzene ring substituents is 2. The Labute approximate surface area is 166 Å². The molecule has 142 valence electrons. The highest BCUT2D eigenvalue weighted by atomic mass is 35.5. The monoisotopic (exact) mass is 421 g/mol. The second kappa shape index (κ2) is 7.62. The van der Waals surface area contributed by atoms with Crippen molar-refractivity contribution in [3.8, 4) is 0 Å². The molecule has 1 heterocycles. The lowest BCUT2D eigenvalue weighted by Crippen LogP contribution is -2.20. The van der Waals surface area contributed by atoms with Crippen LogP contribution in [-0.4, -0.2) is 20.9 Å². The molecule has 0 aliphatic heterocycles. The van der Waals surface area contributed by atoms with Gasteiger partial charge >= 0.3 is 11.7 Å². The van der Waals surface area contributed by atoms with E-state index >= 15 is 0 Å². The predicted molar refractivity (Wildman–Crippen MR) is 104 cm³/mol. The second-order valence-corrected chi connectivity index (χ2v) is 6.23. The number of anilines is 2. The van der Waals surface area contributed by atoms with Crippen molar-refractivity contribution < 1.29 is 14.6 Å². The van der Waals surface area contributed by atoms with E-state index in [0.29, 0.717) is 0 Å². The van der Waals surface area contributed by atoms with Crippen molar-refractivity contribution in [3.05, 3.63) is 72.9 Å². The van der Waals surface area contributed by atoms with E-state index in [1.807, 2.05) is 0 Å². The predicted octanol–water partition coefficient (Wildman–Crippen LogP) is 5.00. The number of hydrogen-bond acceptors (Lipinski definition) is 6. The Bertz CT molecular complexity index is 1140. The Kier molecular flexibility index (Phi) is 5.25. The number of urea groups is 1. The highest BCUT2D eigenvalue weighted by Crippen LogP contribution is 2.38. The number of carbonyl (C=O) groups excluding carboxylic acids is 1. The molecule has 2 N–H and O–H groups in total. The van der Waals surface area contributed by atoms with Gasteiger partial charge in [0.2, 0.25) is 0 Å². The maximum absolute atomic E-state index is 12.3.